The number of nitrogens with one attached hydrogen (secondary N) is 2. The zero-order chi connectivity index (χ0) is 23.3. The Bertz CT molecular complexity index is 1080. The lowest BCUT2D eigenvalue weighted by atomic mass is 9.91. The first kappa shape index (κ1) is 22.7. The molecule has 1 saturated carbocycles. The molecule has 2 aromatic heterocycles. The highest BCUT2D eigenvalue weighted by molar-refractivity contribution is 5.91. The summed E-state index contributed by atoms with van der Waals surface area (Å²) in [4.78, 5) is 20.1. The molecule has 3 heterocycles. The minimum absolute atomic E-state index is 0.335. The van der Waals surface area contributed by atoms with Gasteiger partial charge in [0.15, 0.2) is 6.29 Å². The summed E-state index contributed by atoms with van der Waals surface area (Å²) < 4.78 is 10.4. The lowest BCUT2D eigenvalue weighted by Gasteiger charge is -2.32. The van der Waals surface area contributed by atoms with Crippen molar-refractivity contribution in [1.29, 1.82) is 0 Å². The van der Waals surface area contributed by atoms with Gasteiger partial charge in [-0.05, 0) is 37.8 Å². The van der Waals surface area contributed by atoms with Crippen LogP contribution in [0.25, 0.3) is 11.0 Å². The molecule has 1 unspecified atom stereocenters. The second-order valence-electron chi connectivity index (χ2n) is 8.77. The summed E-state index contributed by atoms with van der Waals surface area (Å²) in [6.07, 6.45) is 9.75. The van der Waals surface area contributed by atoms with Crippen LogP contribution in [-0.2, 0) is 9.47 Å². The summed E-state index contributed by atoms with van der Waals surface area (Å²) in [7, 11) is 1.43. The van der Waals surface area contributed by atoms with Crippen LogP contribution < -0.4 is 15.5 Å². The summed E-state index contributed by atoms with van der Waals surface area (Å²) in [6.45, 7) is 3.27. The summed E-state index contributed by atoms with van der Waals surface area (Å²) in [5.41, 5.74) is 4.42. The van der Waals surface area contributed by atoms with Gasteiger partial charge in [-0.1, -0.05) is 0 Å². The van der Waals surface area contributed by atoms with Gasteiger partial charge in [0.25, 0.3) is 0 Å². The Morgan fingerprint density at radius 1 is 0.971 bits per heavy atom. The Balaban J connectivity index is 1.22. The summed E-state index contributed by atoms with van der Waals surface area (Å²) in [6, 6.07) is 5.03. The molecule has 10 heteroatoms. The van der Waals surface area contributed by atoms with E-state index in [1.807, 2.05) is 0 Å². The molecule has 34 heavy (non-hydrogen) atoms. The molecule has 3 N–H and O–H groups in total. The molecule has 2 fully saturated rings. The first-order chi connectivity index (χ1) is 16.7. The molecule has 1 aliphatic carbocycles. The van der Waals surface area contributed by atoms with Gasteiger partial charge in [-0.3, -0.25) is 15.0 Å². The number of nitrogens with zero attached hydrogens (tertiary/aromatic N) is 5. The fourth-order valence-electron chi connectivity index (χ4n) is 4.65. The van der Waals surface area contributed by atoms with Crippen molar-refractivity contribution in [2.24, 2.45) is 0 Å². The van der Waals surface area contributed by atoms with Crippen molar-refractivity contribution < 1.29 is 14.6 Å². The maximum absolute atomic E-state index is 9.68. The van der Waals surface area contributed by atoms with Crippen molar-refractivity contribution >= 4 is 28.2 Å². The zero-order valence-electron chi connectivity index (χ0n) is 19.4. The molecule has 180 valence electrons. The Morgan fingerprint density at radius 3 is 2.41 bits per heavy atom. The smallest absolute Gasteiger partial charge is 0.199 e. The van der Waals surface area contributed by atoms with E-state index in [2.05, 4.69) is 47.6 Å². The Labute approximate surface area is 198 Å². The predicted molar refractivity (Wildman–Crippen MR) is 130 cm³/mol. The molecule has 1 atom stereocenters. The number of hydrogen-bond donors (Lipinski definition) is 3. The monoisotopic (exact) mass is 465 g/mol. The van der Waals surface area contributed by atoms with Crippen molar-refractivity contribution in [3.05, 3.63) is 42.6 Å². The Hall–Kier alpha value is -3.08. The van der Waals surface area contributed by atoms with Crippen LogP contribution in [0.4, 0.5) is 17.2 Å². The quantitative estimate of drug-likeness (QED) is 0.450. The molecule has 10 nitrogen and oxygen atoms in total. The van der Waals surface area contributed by atoms with Crippen molar-refractivity contribution in [1.82, 2.24) is 19.9 Å². The molecule has 0 spiro atoms. The van der Waals surface area contributed by atoms with Gasteiger partial charge < -0.3 is 30.1 Å². The third kappa shape index (κ3) is 5.19. The van der Waals surface area contributed by atoms with E-state index in [9.17, 15) is 5.11 Å². The molecule has 2 aliphatic rings. The van der Waals surface area contributed by atoms with Gasteiger partial charge in [0.1, 0.15) is 17.0 Å². The van der Waals surface area contributed by atoms with Gasteiger partial charge in [-0.2, -0.15) is 0 Å². The van der Waals surface area contributed by atoms with Crippen LogP contribution >= 0.6 is 0 Å². The van der Waals surface area contributed by atoms with Crippen LogP contribution in [0.5, 0.6) is 0 Å². The summed E-state index contributed by atoms with van der Waals surface area (Å²) >= 11 is 0. The highest BCUT2D eigenvalue weighted by Crippen LogP contribution is 2.31. The minimum atomic E-state index is -1.05. The Morgan fingerprint density at radius 2 is 1.71 bits per heavy atom. The molecular weight excluding hydrogens is 434 g/mol. The number of morpholine rings is 1. The largest absolute Gasteiger partial charge is 0.380 e. The number of ether oxygens (including phenoxy) is 2. The van der Waals surface area contributed by atoms with E-state index in [0.29, 0.717) is 23.6 Å². The Kier molecular flexibility index (Phi) is 6.98. The average Bonchev–Trinajstić information content (AvgIpc) is 2.90. The second-order valence-corrected chi connectivity index (χ2v) is 8.77. The molecule has 1 aromatic carbocycles. The molecule has 3 aromatic rings. The minimum Gasteiger partial charge on any atom is -0.380 e. The number of rotatable bonds is 7. The second kappa shape index (κ2) is 10.5. The third-order valence-corrected chi connectivity index (χ3v) is 6.52. The van der Waals surface area contributed by atoms with Crippen molar-refractivity contribution in [3.8, 4) is 0 Å². The number of hydrogen-bond acceptors (Lipinski definition) is 10. The molecular formula is C24H31N7O3. The molecule has 0 radical (unpaired) electrons. The van der Waals surface area contributed by atoms with Gasteiger partial charge in [0, 0.05) is 50.4 Å². The maximum atomic E-state index is 9.68. The molecule has 5 rings (SSSR count). The van der Waals surface area contributed by atoms with Crippen LogP contribution in [0.1, 0.15) is 37.7 Å². The number of anilines is 3. The summed E-state index contributed by atoms with van der Waals surface area (Å²) in [5, 5.41) is 16.9. The number of aromatic nitrogens is 4. The van der Waals surface area contributed by atoms with Crippen molar-refractivity contribution in [2.45, 2.75) is 44.1 Å². The van der Waals surface area contributed by atoms with Gasteiger partial charge >= 0.3 is 0 Å². The molecule has 1 aliphatic heterocycles. The van der Waals surface area contributed by atoms with E-state index < -0.39 is 6.29 Å². The van der Waals surface area contributed by atoms with E-state index in [1.54, 1.807) is 18.6 Å². The third-order valence-electron chi connectivity index (χ3n) is 6.52. The molecule has 0 amide bonds. The predicted octanol–water partition coefficient (Wildman–Crippen LogP) is 2.73. The first-order valence-electron chi connectivity index (χ1n) is 11.8. The van der Waals surface area contributed by atoms with E-state index in [1.165, 1.54) is 13.3 Å². The van der Waals surface area contributed by atoms with Gasteiger partial charge in [-0.25, -0.2) is 4.98 Å². The fourth-order valence-corrected chi connectivity index (χ4v) is 4.65. The first-order valence-corrected chi connectivity index (χ1v) is 11.8. The highest BCUT2D eigenvalue weighted by Gasteiger charge is 2.23. The van der Waals surface area contributed by atoms with Crippen LogP contribution in [0.3, 0.4) is 0 Å². The van der Waals surface area contributed by atoms with Crippen LogP contribution in [-0.4, -0.2) is 70.5 Å². The topological polar surface area (TPSA) is 118 Å². The van der Waals surface area contributed by atoms with Gasteiger partial charge in [0.05, 0.1) is 36.8 Å². The van der Waals surface area contributed by atoms with Gasteiger partial charge in [0.2, 0.25) is 0 Å². The summed E-state index contributed by atoms with van der Waals surface area (Å²) in [5.74, 6) is 0.711. The van der Waals surface area contributed by atoms with Gasteiger partial charge in [-0.15, -0.1) is 0 Å². The lowest BCUT2D eigenvalue weighted by molar-refractivity contribution is -0.0800. The lowest BCUT2D eigenvalue weighted by Crippen LogP contribution is -2.36. The standard InChI is InChI=1S/C24H31N7O3/c1-33-24(32)21-14-28-22(15-27-21)30-17-4-2-16(3-5-17)29-20-13-18(31-8-10-34-11-9-31)12-19-23(20)26-7-6-25-19/h6-7,12-17,24,29,32H,2-5,8-11H2,1H3,(H,28,30). The van der Waals surface area contributed by atoms with Crippen LogP contribution in [0, 0.1) is 0 Å². The van der Waals surface area contributed by atoms with E-state index in [0.717, 1.165) is 74.4 Å². The maximum Gasteiger partial charge on any atom is 0.199 e. The molecule has 0 bridgehead atoms. The fraction of sp³-hybridized carbons (Fsp3) is 0.500. The zero-order valence-corrected chi connectivity index (χ0v) is 19.4. The van der Waals surface area contributed by atoms with E-state index >= 15 is 0 Å². The number of aliphatic hydroxyl groups excluding tert-OH is 1. The van der Waals surface area contributed by atoms with Crippen molar-refractivity contribution in [3.63, 3.8) is 0 Å². The number of methoxy groups -OCH3 is 1. The van der Waals surface area contributed by atoms with Crippen molar-refractivity contribution in [2.75, 3.05) is 48.9 Å². The van der Waals surface area contributed by atoms with Crippen LogP contribution in [0.15, 0.2) is 36.9 Å². The van der Waals surface area contributed by atoms with Crippen LogP contribution in [0.2, 0.25) is 0 Å². The SMILES string of the molecule is COC(O)c1cnc(NC2CCC(Nc3cc(N4CCOCC4)cc4nccnc34)CC2)cn1. The average molecular weight is 466 g/mol. The number of fused-ring (bicyclic) bond motifs is 1. The normalized spacial score (nSPS) is 21.9. The molecule has 1 saturated heterocycles. The number of aliphatic hydroxyl groups is 1. The number of benzene rings is 1. The highest BCUT2D eigenvalue weighted by atomic mass is 16.6. The van der Waals surface area contributed by atoms with E-state index in [-0.39, 0.29) is 0 Å². The van der Waals surface area contributed by atoms with E-state index in [4.69, 9.17) is 9.47 Å².